The molecule has 4 rings (SSSR count). The predicted molar refractivity (Wildman–Crippen MR) is 155 cm³/mol. The van der Waals surface area contributed by atoms with Gasteiger partial charge in [-0.05, 0) is 120 Å². The smallest absolute Gasteiger partial charge is 0.489 e. The Morgan fingerprint density at radius 2 is 1.77 bits per heavy atom. The van der Waals surface area contributed by atoms with Crippen molar-refractivity contribution in [3.05, 3.63) is 57.0 Å². The summed E-state index contributed by atoms with van der Waals surface area (Å²) in [4.78, 5) is 38.3. The summed E-state index contributed by atoms with van der Waals surface area (Å²) < 4.78 is 23.7. The first-order valence-corrected chi connectivity index (χ1v) is 14.2. The average molecular weight is 568 g/mol. The number of likely N-dealkylation sites (N-methyl/N-ethyl adjacent to an activating group) is 1. The molecule has 40 heavy (non-hydrogen) atoms. The number of rotatable bonds is 6. The number of carbonyl (C=O) groups excluding carboxylic acids is 3. The molecule has 1 saturated heterocycles. The van der Waals surface area contributed by atoms with Gasteiger partial charge in [0.1, 0.15) is 35.1 Å². The topological polar surface area (TPSA) is 91.4 Å². The molecule has 214 valence electrons. The molecule has 9 heteroatoms. The molecule has 0 N–H and O–H groups in total. The number of carbonyl (C=O) groups is 3. The number of benzene rings is 2. The van der Waals surface area contributed by atoms with Crippen molar-refractivity contribution >= 4 is 35.1 Å². The highest BCUT2D eigenvalue weighted by Gasteiger charge is 2.36. The summed E-state index contributed by atoms with van der Waals surface area (Å²) in [5.74, 6) is 1.75. The number of hydrogen-bond acceptors (Lipinski definition) is 8. The van der Waals surface area contributed by atoms with Crippen LogP contribution in [0.5, 0.6) is 17.2 Å². The number of nitrogens with zero attached hydrogens (tertiary/aromatic N) is 1. The van der Waals surface area contributed by atoms with Gasteiger partial charge in [-0.25, -0.2) is 4.79 Å². The van der Waals surface area contributed by atoms with Gasteiger partial charge in [0.15, 0.2) is 0 Å². The lowest BCUT2D eigenvalue weighted by Gasteiger charge is -2.37. The van der Waals surface area contributed by atoms with E-state index in [9.17, 15) is 14.4 Å². The lowest BCUT2D eigenvalue weighted by atomic mass is 9.87. The largest absolute Gasteiger partial charge is 0.514 e. The number of ether oxygens (including phenoxy) is 4. The zero-order chi connectivity index (χ0) is 29.4. The van der Waals surface area contributed by atoms with Gasteiger partial charge in [-0.2, -0.15) is 0 Å². The zero-order valence-electron chi connectivity index (χ0n) is 24.4. The lowest BCUT2D eigenvalue weighted by molar-refractivity contribution is -0.122. The maximum Gasteiger partial charge on any atom is 0.514 e. The van der Waals surface area contributed by atoms with Crippen LogP contribution in [-0.2, 0) is 16.0 Å². The number of imide groups is 1. The Kier molecular flexibility index (Phi) is 8.26. The first kappa shape index (κ1) is 29.5. The first-order valence-electron chi connectivity index (χ1n) is 13.4. The molecule has 0 saturated carbocycles. The van der Waals surface area contributed by atoms with Crippen molar-refractivity contribution in [3.8, 4) is 17.2 Å². The van der Waals surface area contributed by atoms with Gasteiger partial charge in [0.05, 0.1) is 4.91 Å². The second kappa shape index (κ2) is 11.2. The van der Waals surface area contributed by atoms with Crippen molar-refractivity contribution in [2.24, 2.45) is 0 Å². The van der Waals surface area contributed by atoms with E-state index >= 15 is 0 Å². The fraction of sp³-hybridized carbons (Fsp3) is 0.452. The molecule has 1 atom stereocenters. The molecular formula is C31H37NO7S. The van der Waals surface area contributed by atoms with Gasteiger partial charge in [0, 0.05) is 12.1 Å². The van der Waals surface area contributed by atoms with Crippen molar-refractivity contribution in [3.63, 3.8) is 0 Å². The number of hydrogen-bond donors (Lipinski definition) is 0. The summed E-state index contributed by atoms with van der Waals surface area (Å²) >= 11 is 0.957. The van der Waals surface area contributed by atoms with E-state index in [1.165, 1.54) is 4.90 Å². The molecule has 1 unspecified atom stereocenters. The summed E-state index contributed by atoms with van der Waals surface area (Å²) in [5, 5.41) is -0.242. The summed E-state index contributed by atoms with van der Waals surface area (Å²) in [6.07, 6.45) is 2.47. The molecule has 2 aromatic rings. The third-order valence-corrected chi connectivity index (χ3v) is 7.96. The lowest BCUT2D eigenvalue weighted by Crippen LogP contribution is -2.42. The quantitative estimate of drug-likeness (QED) is 0.207. The molecule has 0 bridgehead atoms. The van der Waals surface area contributed by atoms with Crippen LogP contribution in [0.1, 0.15) is 68.9 Å². The van der Waals surface area contributed by atoms with Gasteiger partial charge < -0.3 is 18.9 Å². The van der Waals surface area contributed by atoms with Crippen LogP contribution in [0, 0.1) is 20.8 Å². The van der Waals surface area contributed by atoms with E-state index in [1.54, 1.807) is 33.8 Å². The second-order valence-electron chi connectivity index (χ2n) is 11.4. The van der Waals surface area contributed by atoms with Crippen molar-refractivity contribution in [1.29, 1.82) is 0 Å². The van der Waals surface area contributed by atoms with E-state index in [-0.39, 0.29) is 11.1 Å². The van der Waals surface area contributed by atoms with E-state index in [4.69, 9.17) is 18.9 Å². The highest BCUT2D eigenvalue weighted by Crippen LogP contribution is 2.44. The van der Waals surface area contributed by atoms with Crippen LogP contribution in [0.25, 0.3) is 6.08 Å². The molecule has 2 aliphatic heterocycles. The minimum absolute atomic E-state index is 0.242. The molecule has 2 heterocycles. The predicted octanol–water partition coefficient (Wildman–Crippen LogP) is 7.14. The SMILES string of the molecule is CCN1C(=O)S/C(=C\c2ccc(OCC3(C)CCc4c(C)c(OC(=O)OC(C)(C)C)c(C)c(C)c4O3)cc2)C1=O. The Hall–Kier alpha value is -3.46. The molecule has 8 nitrogen and oxygen atoms in total. The van der Waals surface area contributed by atoms with Crippen LogP contribution in [0.4, 0.5) is 9.59 Å². The molecule has 2 aromatic carbocycles. The fourth-order valence-electron chi connectivity index (χ4n) is 4.71. The average Bonchev–Trinajstić information content (AvgIpc) is 3.15. The molecule has 0 spiro atoms. The van der Waals surface area contributed by atoms with Gasteiger partial charge in [-0.15, -0.1) is 0 Å². The van der Waals surface area contributed by atoms with E-state index in [2.05, 4.69) is 0 Å². The minimum Gasteiger partial charge on any atom is -0.489 e. The summed E-state index contributed by atoms with van der Waals surface area (Å²) in [6, 6.07) is 7.40. The van der Waals surface area contributed by atoms with Gasteiger partial charge >= 0.3 is 6.16 Å². The molecule has 0 radical (unpaired) electrons. The van der Waals surface area contributed by atoms with Gasteiger partial charge in [0.25, 0.3) is 11.1 Å². The minimum atomic E-state index is -0.722. The van der Waals surface area contributed by atoms with Crippen LogP contribution < -0.4 is 14.2 Å². The van der Waals surface area contributed by atoms with Gasteiger partial charge in [-0.3, -0.25) is 14.5 Å². The fourth-order valence-corrected chi connectivity index (χ4v) is 5.61. The monoisotopic (exact) mass is 567 g/mol. The van der Waals surface area contributed by atoms with E-state index < -0.39 is 17.4 Å². The molecule has 0 aliphatic carbocycles. The maximum absolute atomic E-state index is 12.4. The zero-order valence-corrected chi connectivity index (χ0v) is 25.2. The van der Waals surface area contributed by atoms with Crippen molar-refractivity contribution < 1.29 is 33.3 Å². The molecule has 1 fully saturated rings. The standard InChI is InChI=1S/C31H37NO7S/c1-9-32-27(33)24(40-28(32)34)16-21-10-12-22(13-11-21)36-17-31(8)15-14-23-20(4)25(18(2)19(3)26(23)38-31)37-29(35)39-30(5,6)7/h10-13,16H,9,14-15,17H2,1-8H3/b24-16-. The maximum atomic E-state index is 12.4. The van der Waals surface area contributed by atoms with E-state index in [0.29, 0.717) is 29.6 Å². The highest BCUT2D eigenvalue weighted by molar-refractivity contribution is 8.18. The van der Waals surface area contributed by atoms with Crippen molar-refractivity contribution in [2.75, 3.05) is 13.2 Å². The van der Waals surface area contributed by atoms with Crippen LogP contribution in [0.3, 0.4) is 0 Å². The van der Waals surface area contributed by atoms with Crippen molar-refractivity contribution in [1.82, 2.24) is 4.90 Å². The number of fused-ring (bicyclic) bond motifs is 1. The van der Waals surface area contributed by atoms with Crippen LogP contribution in [0.15, 0.2) is 29.2 Å². The normalized spacial score (nSPS) is 19.9. The Morgan fingerprint density at radius 3 is 2.38 bits per heavy atom. The van der Waals surface area contributed by atoms with Gasteiger partial charge in [0.2, 0.25) is 0 Å². The number of amides is 2. The van der Waals surface area contributed by atoms with Crippen LogP contribution in [-0.4, -0.2) is 46.6 Å². The third kappa shape index (κ3) is 6.30. The first-order chi connectivity index (χ1) is 18.7. The molecule has 2 aliphatic rings. The summed E-state index contributed by atoms with van der Waals surface area (Å²) in [5.41, 5.74) is 3.27. The van der Waals surface area contributed by atoms with Crippen molar-refractivity contribution in [2.45, 2.75) is 79.4 Å². The molecule has 2 amide bonds. The molecular weight excluding hydrogens is 530 g/mol. The van der Waals surface area contributed by atoms with Crippen LogP contribution >= 0.6 is 11.8 Å². The van der Waals surface area contributed by atoms with E-state index in [1.807, 2.05) is 52.0 Å². The Labute approximate surface area is 240 Å². The highest BCUT2D eigenvalue weighted by atomic mass is 32.2. The third-order valence-electron chi connectivity index (χ3n) is 7.05. The summed E-state index contributed by atoms with van der Waals surface area (Å²) in [6.45, 7) is 15.7. The number of thioether (sulfide) groups is 1. The second-order valence-corrected chi connectivity index (χ2v) is 12.4. The molecule has 0 aromatic heterocycles. The van der Waals surface area contributed by atoms with Gasteiger partial charge in [-0.1, -0.05) is 12.1 Å². The van der Waals surface area contributed by atoms with E-state index in [0.717, 1.165) is 58.2 Å². The Bertz CT molecular complexity index is 1370. The summed E-state index contributed by atoms with van der Waals surface area (Å²) in [7, 11) is 0. The Morgan fingerprint density at radius 1 is 1.10 bits per heavy atom. The van der Waals surface area contributed by atoms with Crippen LogP contribution in [0.2, 0.25) is 0 Å². The Balaban J connectivity index is 1.44.